The van der Waals surface area contributed by atoms with Gasteiger partial charge in [-0.15, -0.1) is 0 Å². The van der Waals surface area contributed by atoms with E-state index in [0.717, 1.165) is 13.0 Å². The molecule has 0 fully saturated rings. The lowest BCUT2D eigenvalue weighted by Crippen LogP contribution is -2.48. The van der Waals surface area contributed by atoms with Gasteiger partial charge in [-0.05, 0) is 33.2 Å². The van der Waals surface area contributed by atoms with Crippen LogP contribution in [0.25, 0.3) is 0 Å². The van der Waals surface area contributed by atoms with Crippen LogP contribution in [-0.4, -0.2) is 45.7 Å². The van der Waals surface area contributed by atoms with Crippen molar-refractivity contribution in [3.05, 3.63) is 0 Å². The van der Waals surface area contributed by atoms with Gasteiger partial charge in [0.2, 0.25) is 0 Å². The van der Waals surface area contributed by atoms with Crippen molar-refractivity contribution in [2.75, 3.05) is 25.7 Å². The minimum absolute atomic E-state index is 0.184. The molecule has 0 rings (SSSR count). The Morgan fingerprint density at radius 1 is 1.38 bits per heavy atom. The predicted molar refractivity (Wildman–Crippen MR) is 67.5 cm³/mol. The highest BCUT2D eigenvalue weighted by molar-refractivity contribution is 7.90. The van der Waals surface area contributed by atoms with Crippen molar-refractivity contribution in [3.63, 3.8) is 0 Å². The highest BCUT2D eigenvalue weighted by atomic mass is 32.2. The summed E-state index contributed by atoms with van der Waals surface area (Å²) in [5.41, 5.74) is -0.270. The average Bonchev–Trinajstić information content (AvgIpc) is 2.14. The Bertz CT molecular complexity index is 286. The monoisotopic (exact) mass is 251 g/mol. The number of hydrogen-bond acceptors (Lipinski definition) is 4. The van der Waals surface area contributed by atoms with Gasteiger partial charge < -0.3 is 10.1 Å². The second-order valence-corrected chi connectivity index (χ2v) is 6.95. The summed E-state index contributed by atoms with van der Waals surface area (Å²) in [6, 6.07) is 0.184. The van der Waals surface area contributed by atoms with Gasteiger partial charge in [0, 0.05) is 25.2 Å². The molecule has 0 bridgehead atoms. The summed E-state index contributed by atoms with van der Waals surface area (Å²) in [6.45, 7) is 6.92. The maximum Gasteiger partial charge on any atom is 0.147 e. The standard InChI is InChI=1S/C11H25NO3S/c1-6-12-10(11(2,3)15-4)8-7-9-16(5,13)14/h10,12H,6-9H2,1-5H3. The Morgan fingerprint density at radius 2 is 1.94 bits per heavy atom. The van der Waals surface area contributed by atoms with Gasteiger partial charge in [0.25, 0.3) is 0 Å². The van der Waals surface area contributed by atoms with Crippen LogP contribution < -0.4 is 5.32 Å². The van der Waals surface area contributed by atoms with Gasteiger partial charge in [-0.3, -0.25) is 0 Å². The lowest BCUT2D eigenvalue weighted by molar-refractivity contribution is -0.0122. The summed E-state index contributed by atoms with van der Waals surface area (Å²) < 4.78 is 27.5. The zero-order chi connectivity index (χ0) is 12.8. The molecule has 1 N–H and O–H groups in total. The van der Waals surface area contributed by atoms with E-state index in [4.69, 9.17) is 4.74 Å². The van der Waals surface area contributed by atoms with Crippen molar-refractivity contribution in [1.29, 1.82) is 0 Å². The Morgan fingerprint density at radius 3 is 2.31 bits per heavy atom. The third-order valence-electron chi connectivity index (χ3n) is 2.82. The van der Waals surface area contributed by atoms with Crippen molar-refractivity contribution in [1.82, 2.24) is 5.32 Å². The van der Waals surface area contributed by atoms with Crippen LogP contribution in [0.1, 0.15) is 33.6 Å². The molecule has 0 aromatic carbocycles. The number of likely N-dealkylation sites (N-methyl/N-ethyl adjacent to an activating group) is 1. The first-order chi connectivity index (χ1) is 7.23. The van der Waals surface area contributed by atoms with Crippen LogP contribution in [0.5, 0.6) is 0 Å². The molecular formula is C11H25NO3S. The molecule has 0 heterocycles. The molecule has 98 valence electrons. The van der Waals surface area contributed by atoms with Crippen LogP contribution in [0.3, 0.4) is 0 Å². The lowest BCUT2D eigenvalue weighted by atomic mass is 9.94. The molecule has 4 nitrogen and oxygen atoms in total. The fraction of sp³-hybridized carbons (Fsp3) is 1.00. The average molecular weight is 251 g/mol. The fourth-order valence-corrected chi connectivity index (χ4v) is 2.32. The van der Waals surface area contributed by atoms with Gasteiger partial charge in [0.15, 0.2) is 0 Å². The summed E-state index contributed by atoms with van der Waals surface area (Å²) in [4.78, 5) is 0. The van der Waals surface area contributed by atoms with Gasteiger partial charge in [0.05, 0.1) is 5.60 Å². The van der Waals surface area contributed by atoms with E-state index in [2.05, 4.69) is 5.32 Å². The van der Waals surface area contributed by atoms with Crippen LogP contribution >= 0.6 is 0 Å². The maximum atomic E-state index is 11.0. The number of nitrogens with one attached hydrogen (secondary N) is 1. The Balaban J connectivity index is 4.25. The quantitative estimate of drug-likeness (QED) is 0.704. The molecular weight excluding hydrogens is 226 g/mol. The molecule has 0 spiro atoms. The molecule has 0 saturated carbocycles. The molecule has 0 amide bonds. The van der Waals surface area contributed by atoms with Crippen molar-refractivity contribution in [3.8, 4) is 0 Å². The first kappa shape index (κ1) is 15.9. The van der Waals surface area contributed by atoms with E-state index in [1.807, 2.05) is 20.8 Å². The first-order valence-electron chi connectivity index (χ1n) is 5.69. The van der Waals surface area contributed by atoms with Gasteiger partial charge >= 0.3 is 0 Å². The van der Waals surface area contributed by atoms with Crippen LogP contribution in [0.15, 0.2) is 0 Å². The molecule has 1 unspecified atom stereocenters. The fourth-order valence-electron chi connectivity index (χ4n) is 1.63. The van der Waals surface area contributed by atoms with Crippen molar-refractivity contribution in [2.24, 2.45) is 0 Å². The Labute approximate surface area is 99.7 Å². The minimum atomic E-state index is -2.86. The third kappa shape index (κ3) is 6.45. The van der Waals surface area contributed by atoms with E-state index in [-0.39, 0.29) is 17.4 Å². The highest BCUT2D eigenvalue weighted by Gasteiger charge is 2.28. The number of hydrogen-bond donors (Lipinski definition) is 1. The van der Waals surface area contributed by atoms with Crippen molar-refractivity contribution in [2.45, 2.75) is 45.3 Å². The summed E-state index contributed by atoms with van der Waals surface area (Å²) in [5, 5.41) is 3.34. The lowest BCUT2D eigenvalue weighted by Gasteiger charge is -2.33. The zero-order valence-electron chi connectivity index (χ0n) is 11.0. The molecule has 0 aliphatic heterocycles. The summed E-state index contributed by atoms with van der Waals surface area (Å²) >= 11 is 0. The van der Waals surface area contributed by atoms with Crippen molar-refractivity contribution >= 4 is 9.84 Å². The van der Waals surface area contributed by atoms with E-state index in [9.17, 15) is 8.42 Å². The summed E-state index contributed by atoms with van der Waals surface area (Å²) in [7, 11) is -1.17. The Kier molecular flexibility index (Phi) is 6.51. The van der Waals surface area contributed by atoms with E-state index in [1.165, 1.54) is 6.26 Å². The molecule has 1 atom stereocenters. The third-order valence-corrected chi connectivity index (χ3v) is 3.85. The molecule has 16 heavy (non-hydrogen) atoms. The highest BCUT2D eigenvalue weighted by Crippen LogP contribution is 2.18. The van der Waals surface area contributed by atoms with Gasteiger partial charge in [-0.1, -0.05) is 6.92 Å². The number of methoxy groups -OCH3 is 1. The smallest absolute Gasteiger partial charge is 0.147 e. The zero-order valence-corrected chi connectivity index (χ0v) is 11.9. The topological polar surface area (TPSA) is 55.4 Å². The molecule has 0 aliphatic carbocycles. The SMILES string of the molecule is CCNC(CCCS(C)(=O)=O)C(C)(C)OC. The molecule has 0 saturated heterocycles. The number of sulfone groups is 1. The maximum absolute atomic E-state index is 11.0. The number of rotatable bonds is 8. The normalized spacial score (nSPS) is 15.1. The van der Waals surface area contributed by atoms with E-state index in [0.29, 0.717) is 6.42 Å². The number of ether oxygens (including phenoxy) is 1. The molecule has 0 aromatic rings. The minimum Gasteiger partial charge on any atom is -0.377 e. The first-order valence-corrected chi connectivity index (χ1v) is 7.75. The van der Waals surface area contributed by atoms with Crippen LogP contribution in [0.4, 0.5) is 0 Å². The van der Waals surface area contributed by atoms with Gasteiger partial charge in [-0.25, -0.2) is 8.42 Å². The van der Waals surface area contributed by atoms with Crippen LogP contribution in [0, 0.1) is 0 Å². The molecule has 5 heteroatoms. The van der Waals surface area contributed by atoms with Gasteiger partial charge in [-0.2, -0.15) is 0 Å². The van der Waals surface area contributed by atoms with Crippen LogP contribution in [-0.2, 0) is 14.6 Å². The largest absolute Gasteiger partial charge is 0.377 e. The summed E-state index contributed by atoms with van der Waals surface area (Å²) in [5.74, 6) is 0.245. The van der Waals surface area contributed by atoms with Crippen molar-refractivity contribution < 1.29 is 13.2 Å². The van der Waals surface area contributed by atoms with E-state index < -0.39 is 9.84 Å². The van der Waals surface area contributed by atoms with Gasteiger partial charge in [0.1, 0.15) is 9.84 Å². The summed E-state index contributed by atoms with van der Waals surface area (Å²) in [6.07, 6.45) is 2.75. The van der Waals surface area contributed by atoms with Crippen LogP contribution in [0.2, 0.25) is 0 Å². The van der Waals surface area contributed by atoms with E-state index >= 15 is 0 Å². The molecule has 0 aliphatic rings. The Hall–Kier alpha value is -0.130. The second kappa shape index (κ2) is 6.57. The predicted octanol–water partition coefficient (Wildman–Crippen LogP) is 1.21. The van der Waals surface area contributed by atoms with E-state index in [1.54, 1.807) is 7.11 Å². The molecule has 0 radical (unpaired) electrons. The molecule has 0 aromatic heterocycles. The second-order valence-electron chi connectivity index (χ2n) is 4.69.